The lowest BCUT2D eigenvalue weighted by Crippen LogP contribution is -2.19. The number of hydrogen-bond donors (Lipinski definition) is 1. The quantitative estimate of drug-likeness (QED) is 0.622. The minimum Gasteiger partial charge on any atom is -0.307 e. The van der Waals surface area contributed by atoms with Gasteiger partial charge in [0.05, 0.1) is 38.8 Å². The average molecular weight is 399 g/mol. The lowest BCUT2D eigenvalue weighted by atomic mass is 10.2. The third kappa shape index (κ3) is 3.70. The number of anilines is 1. The van der Waals surface area contributed by atoms with Crippen molar-refractivity contribution in [2.24, 2.45) is 0 Å². The van der Waals surface area contributed by atoms with Crippen LogP contribution in [0.1, 0.15) is 28.5 Å². The number of nitro groups is 1. The third-order valence-corrected chi connectivity index (χ3v) is 6.12. The fraction of sp³-hybridized carbons (Fsp3) is 0.333. The molecule has 1 aliphatic rings. The third-order valence-electron chi connectivity index (χ3n) is 4.06. The number of carbonyl (C=O) groups is 1. The highest BCUT2D eigenvalue weighted by Crippen LogP contribution is 2.28. The molecule has 1 fully saturated rings. The summed E-state index contributed by atoms with van der Waals surface area (Å²) < 4.78 is 24.9. The number of aromatic nitrogens is 2. The first-order chi connectivity index (χ1) is 12.2. The molecule has 0 saturated carbocycles. The largest absolute Gasteiger partial charge is 0.307 e. The van der Waals surface area contributed by atoms with Crippen LogP contribution in [-0.4, -0.2) is 40.5 Å². The summed E-state index contributed by atoms with van der Waals surface area (Å²) in [5.41, 5.74) is 0.477. The number of nitrogens with zero attached hydrogens (tertiary/aromatic N) is 3. The molecule has 2 heterocycles. The Bertz CT molecular complexity index is 1000. The van der Waals surface area contributed by atoms with Crippen LogP contribution in [-0.2, 0) is 9.84 Å². The van der Waals surface area contributed by atoms with Crippen LogP contribution in [0.15, 0.2) is 24.3 Å². The van der Waals surface area contributed by atoms with E-state index in [0.717, 1.165) is 6.07 Å². The van der Waals surface area contributed by atoms with E-state index in [1.54, 1.807) is 13.0 Å². The lowest BCUT2D eigenvalue weighted by Gasteiger charge is -2.14. The van der Waals surface area contributed by atoms with Crippen molar-refractivity contribution in [2.75, 3.05) is 16.8 Å². The molecule has 1 aromatic heterocycles. The molecule has 138 valence electrons. The van der Waals surface area contributed by atoms with Crippen LogP contribution in [0.3, 0.4) is 0 Å². The van der Waals surface area contributed by atoms with Crippen LogP contribution in [0, 0.1) is 17.0 Å². The minimum absolute atomic E-state index is 0.0325. The Kier molecular flexibility index (Phi) is 4.72. The van der Waals surface area contributed by atoms with Crippen molar-refractivity contribution in [3.63, 3.8) is 0 Å². The molecule has 26 heavy (non-hydrogen) atoms. The first-order valence-electron chi connectivity index (χ1n) is 7.68. The fourth-order valence-corrected chi connectivity index (χ4v) is 4.79. The summed E-state index contributed by atoms with van der Waals surface area (Å²) in [6.07, 6.45) is 0.421. The van der Waals surface area contributed by atoms with Gasteiger partial charge in [-0.3, -0.25) is 14.9 Å². The predicted molar refractivity (Wildman–Crippen MR) is 95.3 cm³/mol. The van der Waals surface area contributed by atoms with E-state index in [0.29, 0.717) is 17.9 Å². The van der Waals surface area contributed by atoms with Crippen molar-refractivity contribution in [1.82, 2.24) is 9.78 Å². The Morgan fingerprint density at radius 1 is 1.42 bits per heavy atom. The minimum atomic E-state index is -3.11. The summed E-state index contributed by atoms with van der Waals surface area (Å²) in [7, 11) is -3.11. The molecule has 1 amide bonds. The molecule has 1 aromatic carbocycles. The van der Waals surface area contributed by atoms with Gasteiger partial charge in [0.25, 0.3) is 11.6 Å². The standard InChI is InChI=1S/C15H15ClN4O5S/c1-9-6-14(19(18-9)11-4-5-26(24,25)8-11)17-15(21)12-3-2-10(20(22)23)7-13(12)16/h2-3,6-7,11H,4-5,8H2,1H3,(H,17,21)/t11-/m0/s1. The van der Waals surface area contributed by atoms with Gasteiger partial charge in [-0.2, -0.15) is 5.10 Å². The number of halogens is 1. The number of nitro benzene ring substituents is 1. The number of rotatable bonds is 4. The number of hydrogen-bond acceptors (Lipinski definition) is 6. The molecular weight excluding hydrogens is 384 g/mol. The number of sulfone groups is 1. The smallest absolute Gasteiger partial charge is 0.270 e. The summed E-state index contributed by atoms with van der Waals surface area (Å²) in [5, 5.41) is 17.6. The molecular formula is C15H15ClN4O5S. The maximum Gasteiger partial charge on any atom is 0.270 e. The highest BCUT2D eigenvalue weighted by Gasteiger charge is 2.31. The summed E-state index contributed by atoms with van der Waals surface area (Å²) in [6.45, 7) is 1.73. The zero-order chi connectivity index (χ0) is 19.1. The normalized spacial score (nSPS) is 18.6. The van der Waals surface area contributed by atoms with Gasteiger partial charge in [-0.25, -0.2) is 13.1 Å². The second kappa shape index (κ2) is 6.69. The summed E-state index contributed by atoms with van der Waals surface area (Å²) in [5.74, 6) is -0.163. The second-order valence-electron chi connectivity index (χ2n) is 6.05. The van der Waals surface area contributed by atoms with Crippen molar-refractivity contribution >= 4 is 38.9 Å². The van der Waals surface area contributed by atoms with Crippen molar-refractivity contribution in [3.8, 4) is 0 Å². The Balaban J connectivity index is 1.86. The molecule has 3 rings (SSSR count). The molecule has 11 heteroatoms. The topological polar surface area (TPSA) is 124 Å². The van der Waals surface area contributed by atoms with Gasteiger partial charge in [0.2, 0.25) is 0 Å². The van der Waals surface area contributed by atoms with Crippen molar-refractivity contribution in [2.45, 2.75) is 19.4 Å². The molecule has 9 nitrogen and oxygen atoms in total. The predicted octanol–water partition coefficient (Wildman–Crippen LogP) is 2.37. The maximum absolute atomic E-state index is 12.5. The second-order valence-corrected chi connectivity index (χ2v) is 8.68. The van der Waals surface area contributed by atoms with Crippen LogP contribution >= 0.6 is 11.6 Å². The van der Waals surface area contributed by atoms with E-state index in [4.69, 9.17) is 11.6 Å². The van der Waals surface area contributed by atoms with Gasteiger partial charge in [-0.15, -0.1) is 0 Å². The summed E-state index contributed by atoms with van der Waals surface area (Å²) >= 11 is 5.98. The monoisotopic (exact) mass is 398 g/mol. The van der Waals surface area contributed by atoms with E-state index >= 15 is 0 Å². The molecule has 0 aliphatic carbocycles. The average Bonchev–Trinajstić information content (AvgIpc) is 3.08. The van der Waals surface area contributed by atoms with Crippen molar-refractivity contribution in [1.29, 1.82) is 0 Å². The molecule has 0 unspecified atom stereocenters. The zero-order valence-corrected chi connectivity index (χ0v) is 15.2. The van der Waals surface area contributed by atoms with Crippen LogP contribution < -0.4 is 5.32 Å². The Labute approximate surface area is 154 Å². The number of benzene rings is 1. The molecule has 0 bridgehead atoms. The summed E-state index contributed by atoms with van der Waals surface area (Å²) in [4.78, 5) is 22.6. The van der Waals surface area contributed by atoms with Crippen LogP contribution in [0.5, 0.6) is 0 Å². The highest BCUT2D eigenvalue weighted by molar-refractivity contribution is 7.91. The van der Waals surface area contributed by atoms with Gasteiger partial charge in [0.1, 0.15) is 5.82 Å². The van der Waals surface area contributed by atoms with Crippen molar-refractivity contribution < 1.29 is 18.1 Å². The Morgan fingerprint density at radius 2 is 2.15 bits per heavy atom. The Morgan fingerprint density at radius 3 is 2.73 bits per heavy atom. The maximum atomic E-state index is 12.5. The number of carbonyl (C=O) groups excluding carboxylic acids is 1. The van der Waals surface area contributed by atoms with Gasteiger partial charge in [0, 0.05) is 18.2 Å². The lowest BCUT2D eigenvalue weighted by molar-refractivity contribution is -0.384. The molecule has 1 atom stereocenters. The number of amides is 1. The van der Waals surface area contributed by atoms with E-state index in [2.05, 4.69) is 10.4 Å². The van der Waals surface area contributed by atoms with E-state index in [9.17, 15) is 23.3 Å². The number of nitrogens with one attached hydrogen (secondary N) is 1. The highest BCUT2D eigenvalue weighted by atomic mass is 35.5. The molecule has 0 radical (unpaired) electrons. The first-order valence-corrected chi connectivity index (χ1v) is 9.88. The SMILES string of the molecule is Cc1cc(NC(=O)c2ccc([N+](=O)[O-])cc2Cl)n([C@H]2CCS(=O)(=O)C2)n1. The van der Waals surface area contributed by atoms with Gasteiger partial charge in [0.15, 0.2) is 9.84 Å². The van der Waals surface area contributed by atoms with Gasteiger partial charge < -0.3 is 5.32 Å². The van der Waals surface area contributed by atoms with E-state index < -0.39 is 20.7 Å². The van der Waals surface area contributed by atoms with Crippen LogP contribution in [0.2, 0.25) is 5.02 Å². The zero-order valence-electron chi connectivity index (χ0n) is 13.7. The molecule has 1 N–H and O–H groups in total. The van der Waals surface area contributed by atoms with E-state index in [-0.39, 0.29) is 33.8 Å². The van der Waals surface area contributed by atoms with Crippen LogP contribution in [0.25, 0.3) is 0 Å². The number of non-ortho nitro benzene ring substituents is 1. The first kappa shape index (κ1) is 18.3. The Hall–Kier alpha value is -2.46. The van der Waals surface area contributed by atoms with E-state index in [1.807, 2.05) is 0 Å². The van der Waals surface area contributed by atoms with Gasteiger partial charge in [-0.05, 0) is 19.4 Å². The van der Waals surface area contributed by atoms with Gasteiger partial charge >= 0.3 is 0 Å². The fourth-order valence-electron chi connectivity index (χ4n) is 2.84. The summed E-state index contributed by atoms with van der Waals surface area (Å²) in [6, 6.07) is 4.83. The molecule has 1 aliphatic heterocycles. The molecule has 0 spiro atoms. The van der Waals surface area contributed by atoms with Crippen LogP contribution in [0.4, 0.5) is 11.5 Å². The number of aryl methyl sites for hydroxylation is 1. The molecule has 2 aromatic rings. The van der Waals surface area contributed by atoms with E-state index in [1.165, 1.54) is 16.8 Å². The molecule has 1 saturated heterocycles. The van der Waals surface area contributed by atoms with Crippen molar-refractivity contribution in [3.05, 3.63) is 50.7 Å². The van der Waals surface area contributed by atoms with Gasteiger partial charge in [-0.1, -0.05) is 11.6 Å².